The first-order chi connectivity index (χ1) is 9.11. The van der Waals surface area contributed by atoms with Gasteiger partial charge in [-0.15, -0.1) is 0 Å². The Morgan fingerprint density at radius 2 is 1.84 bits per heavy atom. The predicted molar refractivity (Wildman–Crippen MR) is 82.4 cm³/mol. The maximum absolute atomic E-state index is 5.76. The molecule has 1 unspecified atom stereocenters. The molecule has 0 radical (unpaired) electrons. The topological polar surface area (TPSA) is 29.3 Å². The fourth-order valence-electron chi connectivity index (χ4n) is 3.20. The third-order valence-electron chi connectivity index (χ3n) is 4.57. The number of benzene rings is 1. The van der Waals surface area contributed by atoms with E-state index in [1.54, 1.807) is 0 Å². The van der Waals surface area contributed by atoms with E-state index in [-0.39, 0.29) is 0 Å². The summed E-state index contributed by atoms with van der Waals surface area (Å²) in [7, 11) is 0. The summed E-state index contributed by atoms with van der Waals surface area (Å²) in [5, 5.41) is 0. The predicted octanol–water partition coefficient (Wildman–Crippen LogP) is 3.32. The highest BCUT2D eigenvalue weighted by Crippen LogP contribution is 2.24. The molecule has 0 spiro atoms. The lowest BCUT2D eigenvalue weighted by Crippen LogP contribution is -2.40. The van der Waals surface area contributed by atoms with Crippen LogP contribution >= 0.6 is 0 Å². The van der Waals surface area contributed by atoms with Crippen molar-refractivity contribution in [3.63, 3.8) is 0 Å². The van der Waals surface area contributed by atoms with E-state index in [0.717, 1.165) is 19.5 Å². The molecular formula is C17H28N2. The highest BCUT2D eigenvalue weighted by atomic mass is 15.2. The maximum atomic E-state index is 5.76. The first-order valence-corrected chi connectivity index (χ1v) is 7.62. The van der Waals surface area contributed by atoms with Crippen LogP contribution in [0.4, 0.5) is 0 Å². The minimum atomic E-state index is 0.694. The highest BCUT2D eigenvalue weighted by molar-refractivity contribution is 5.36. The van der Waals surface area contributed by atoms with Gasteiger partial charge in [0.1, 0.15) is 0 Å². The molecule has 2 N–H and O–H groups in total. The fraction of sp³-hybridized carbons (Fsp3) is 0.647. The molecule has 0 amide bonds. The minimum Gasteiger partial charge on any atom is -0.330 e. The van der Waals surface area contributed by atoms with Crippen molar-refractivity contribution in [1.82, 2.24) is 4.90 Å². The van der Waals surface area contributed by atoms with Gasteiger partial charge in [-0.1, -0.05) is 18.6 Å². The highest BCUT2D eigenvalue weighted by Gasteiger charge is 2.22. The second kappa shape index (κ2) is 6.53. The summed E-state index contributed by atoms with van der Waals surface area (Å²) >= 11 is 0. The largest absolute Gasteiger partial charge is 0.330 e. The molecule has 1 aliphatic heterocycles. The number of hydrogen-bond acceptors (Lipinski definition) is 2. The van der Waals surface area contributed by atoms with E-state index in [2.05, 4.69) is 37.8 Å². The number of piperidine rings is 1. The van der Waals surface area contributed by atoms with Crippen molar-refractivity contribution >= 4 is 0 Å². The molecule has 1 heterocycles. The number of rotatable bonds is 4. The Kier molecular flexibility index (Phi) is 5.00. The van der Waals surface area contributed by atoms with Gasteiger partial charge in [-0.3, -0.25) is 4.90 Å². The van der Waals surface area contributed by atoms with Crippen molar-refractivity contribution in [3.05, 3.63) is 34.4 Å². The lowest BCUT2D eigenvalue weighted by atomic mass is 9.96. The molecular weight excluding hydrogens is 232 g/mol. The van der Waals surface area contributed by atoms with Gasteiger partial charge < -0.3 is 5.73 Å². The van der Waals surface area contributed by atoms with E-state index in [1.807, 2.05) is 0 Å². The summed E-state index contributed by atoms with van der Waals surface area (Å²) in [6, 6.07) is 5.39. The summed E-state index contributed by atoms with van der Waals surface area (Å²) in [5.41, 5.74) is 11.5. The number of likely N-dealkylation sites (tertiary alicyclic amines) is 1. The summed E-state index contributed by atoms with van der Waals surface area (Å²) in [6.07, 6.45) is 5.17. The zero-order valence-corrected chi connectivity index (χ0v) is 12.7. The summed E-state index contributed by atoms with van der Waals surface area (Å²) in [5.74, 6) is 0. The molecule has 1 aliphatic rings. The molecule has 2 heteroatoms. The summed E-state index contributed by atoms with van der Waals surface area (Å²) < 4.78 is 0. The Labute approximate surface area is 118 Å². The van der Waals surface area contributed by atoms with Crippen LogP contribution in [0.25, 0.3) is 0 Å². The van der Waals surface area contributed by atoms with Crippen LogP contribution in [0.2, 0.25) is 0 Å². The maximum Gasteiger partial charge on any atom is 0.0239 e. The molecule has 106 valence electrons. The van der Waals surface area contributed by atoms with Gasteiger partial charge in [0.25, 0.3) is 0 Å². The molecule has 0 aromatic heterocycles. The molecule has 0 bridgehead atoms. The van der Waals surface area contributed by atoms with Crippen LogP contribution < -0.4 is 5.73 Å². The van der Waals surface area contributed by atoms with Crippen LogP contribution in [0.5, 0.6) is 0 Å². The van der Waals surface area contributed by atoms with Crippen molar-refractivity contribution in [2.45, 2.75) is 59.0 Å². The lowest BCUT2D eigenvalue weighted by molar-refractivity contribution is 0.134. The van der Waals surface area contributed by atoms with E-state index in [1.165, 1.54) is 48.1 Å². The van der Waals surface area contributed by atoms with Gasteiger partial charge in [0.15, 0.2) is 0 Å². The van der Waals surface area contributed by atoms with E-state index >= 15 is 0 Å². The van der Waals surface area contributed by atoms with Crippen molar-refractivity contribution in [2.24, 2.45) is 5.73 Å². The van der Waals surface area contributed by atoms with E-state index < -0.39 is 0 Å². The SMILES string of the molecule is Cc1cc(C)c(CN2CCCCC2CCN)cc1C. The molecule has 19 heavy (non-hydrogen) atoms. The van der Waals surface area contributed by atoms with Gasteiger partial charge in [-0.25, -0.2) is 0 Å². The van der Waals surface area contributed by atoms with Gasteiger partial charge in [-0.05, 0) is 75.4 Å². The zero-order valence-electron chi connectivity index (χ0n) is 12.7. The van der Waals surface area contributed by atoms with E-state index in [0.29, 0.717) is 6.04 Å². The minimum absolute atomic E-state index is 0.694. The normalized spacial score (nSPS) is 20.7. The molecule has 1 aromatic carbocycles. The van der Waals surface area contributed by atoms with Gasteiger partial charge in [-0.2, -0.15) is 0 Å². The van der Waals surface area contributed by atoms with Crippen molar-refractivity contribution < 1.29 is 0 Å². The quantitative estimate of drug-likeness (QED) is 0.900. The number of hydrogen-bond donors (Lipinski definition) is 1. The lowest BCUT2D eigenvalue weighted by Gasteiger charge is -2.36. The second-order valence-electron chi connectivity index (χ2n) is 6.06. The fourth-order valence-corrected chi connectivity index (χ4v) is 3.20. The average molecular weight is 260 g/mol. The first kappa shape index (κ1) is 14.5. The Morgan fingerprint density at radius 3 is 2.58 bits per heavy atom. The van der Waals surface area contributed by atoms with Crippen LogP contribution in [0.3, 0.4) is 0 Å². The third kappa shape index (κ3) is 3.58. The molecule has 1 atom stereocenters. The van der Waals surface area contributed by atoms with Gasteiger partial charge >= 0.3 is 0 Å². The van der Waals surface area contributed by atoms with Crippen molar-refractivity contribution in [1.29, 1.82) is 0 Å². The Morgan fingerprint density at radius 1 is 1.11 bits per heavy atom. The van der Waals surface area contributed by atoms with Gasteiger partial charge in [0.05, 0.1) is 0 Å². The summed E-state index contributed by atoms with van der Waals surface area (Å²) in [4.78, 5) is 2.65. The first-order valence-electron chi connectivity index (χ1n) is 7.62. The second-order valence-corrected chi connectivity index (χ2v) is 6.06. The van der Waals surface area contributed by atoms with Gasteiger partial charge in [0, 0.05) is 12.6 Å². The Bertz CT molecular complexity index is 424. The Balaban J connectivity index is 2.12. The molecule has 1 fully saturated rings. The van der Waals surface area contributed by atoms with Crippen LogP contribution in [0.15, 0.2) is 12.1 Å². The van der Waals surface area contributed by atoms with Crippen molar-refractivity contribution in [3.8, 4) is 0 Å². The van der Waals surface area contributed by atoms with E-state index in [9.17, 15) is 0 Å². The zero-order chi connectivity index (χ0) is 13.8. The summed E-state index contributed by atoms with van der Waals surface area (Å²) in [6.45, 7) is 9.79. The monoisotopic (exact) mass is 260 g/mol. The molecule has 1 aromatic rings. The molecule has 2 nitrogen and oxygen atoms in total. The van der Waals surface area contributed by atoms with Crippen LogP contribution in [0.1, 0.15) is 47.9 Å². The smallest absolute Gasteiger partial charge is 0.0239 e. The van der Waals surface area contributed by atoms with Crippen molar-refractivity contribution in [2.75, 3.05) is 13.1 Å². The molecule has 0 aliphatic carbocycles. The standard InChI is InChI=1S/C17H28N2/c1-13-10-15(3)16(11-14(13)2)12-19-9-5-4-6-17(19)7-8-18/h10-11,17H,4-9,12,18H2,1-3H3. The molecule has 0 saturated carbocycles. The van der Waals surface area contributed by atoms with E-state index in [4.69, 9.17) is 5.73 Å². The van der Waals surface area contributed by atoms with Crippen LogP contribution in [-0.4, -0.2) is 24.0 Å². The average Bonchev–Trinajstić information content (AvgIpc) is 2.38. The number of aryl methyl sites for hydroxylation is 3. The van der Waals surface area contributed by atoms with Crippen LogP contribution in [-0.2, 0) is 6.54 Å². The number of nitrogens with zero attached hydrogens (tertiary/aromatic N) is 1. The third-order valence-corrected chi connectivity index (χ3v) is 4.57. The number of nitrogens with two attached hydrogens (primary N) is 1. The Hall–Kier alpha value is -0.860. The van der Waals surface area contributed by atoms with Gasteiger partial charge in [0.2, 0.25) is 0 Å². The van der Waals surface area contributed by atoms with Crippen LogP contribution in [0, 0.1) is 20.8 Å². The molecule has 2 rings (SSSR count). The molecule has 1 saturated heterocycles.